The smallest absolute Gasteiger partial charge is 0.346 e. The van der Waals surface area contributed by atoms with E-state index >= 15 is 0 Å². The molecular weight excluding hydrogens is 285 g/mol. The Bertz CT molecular complexity index is 675. The van der Waals surface area contributed by atoms with Crippen LogP contribution in [0.4, 0.5) is 22.0 Å². The Hall–Kier alpha value is -1.76. The highest BCUT2D eigenvalue weighted by Gasteiger charge is 2.31. The van der Waals surface area contributed by atoms with Crippen LogP contribution >= 0.6 is 12.2 Å². The van der Waals surface area contributed by atoms with Gasteiger partial charge in [-0.25, -0.2) is 8.78 Å². The number of hydrogen-bond donors (Lipinski definition) is 1. The van der Waals surface area contributed by atoms with Crippen molar-refractivity contribution in [3.63, 3.8) is 0 Å². The van der Waals surface area contributed by atoms with Crippen LogP contribution in [0.3, 0.4) is 0 Å². The lowest BCUT2D eigenvalue weighted by atomic mass is 10.1. The Morgan fingerprint density at radius 1 is 0.947 bits per heavy atom. The number of nitrogens with one attached hydrogen (secondary N) is 1. The summed E-state index contributed by atoms with van der Waals surface area (Å²) in [5.74, 6) is -2.22. The maximum atomic E-state index is 13.1. The molecule has 1 nitrogen and oxygen atoms in total. The molecular formula is C12H6F5NS. The molecule has 0 saturated heterocycles. The lowest BCUT2D eigenvalue weighted by molar-refractivity contribution is -0.137. The molecule has 19 heavy (non-hydrogen) atoms. The zero-order chi connectivity index (χ0) is 14.2. The van der Waals surface area contributed by atoms with Crippen molar-refractivity contribution in [2.45, 2.75) is 6.18 Å². The summed E-state index contributed by atoms with van der Waals surface area (Å²) in [5.41, 5.74) is -0.897. The quantitative estimate of drug-likeness (QED) is 0.594. The molecule has 1 heterocycles. The molecule has 1 N–H and O–H groups in total. The Balaban J connectivity index is 2.59. The van der Waals surface area contributed by atoms with E-state index in [1.54, 1.807) is 0 Å². The van der Waals surface area contributed by atoms with Gasteiger partial charge in [-0.3, -0.25) is 0 Å². The fourth-order valence-electron chi connectivity index (χ4n) is 1.53. The monoisotopic (exact) mass is 291 g/mol. The summed E-state index contributed by atoms with van der Waals surface area (Å²) in [6.07, 6.45) is -4.56. The van der Waals surface area contributed by atoms with Crippen molar-refractivity contribution >= 4 is 12.2 Å². The molecule has 0 saturated carbocycles. The fourth-order valence-corrected chi connectivity index (χ4v) is 1.76. The van der Waals surface area contributed by atoms with Gasteiger partial charge in [-0.1, -0.05) is 12.2 Å². The Morgan fingerprint density at radius 2 is 1.63 bits per heavy atom. The number of rotatable bonds is 1. The van der Waals surface area contributed by atoms with Crippen LogP contribution in [0.25, 0.3) is 11.3 Å². The zero-order valence-corrected chi connectivity index (χ0v) is 10.0. The van der Waals surface area contributed by atoms with Gasteiger partial charge >= 0.3 is 6.18 Å². The SMILES string of the molecule is Fc1ccc(-c2cc(C(F)(F)F)cc(=S)[nH]2)cc1F. The number of H-pyrrole nitrogens is 1. The number of aromatic nitrogens is 1. The van der Waals surface area contributed by atoms with Crippen molar-refractivity contribution in [2.24, 2.45) is 0 Å². The number of hydrogen-bond acceptors (Lipinski definition) is 1. The molecule has 0 aliphatic rings. The minimum atomic E-state index is -4.56. The third kappa shape index (κ3) is 2.98. The van der Waals surface area contributed by atoms with Crippen molar-refractivity contribution in [1.29, 1.82) is 0 Å². The molecule has 0 atom stereocenters. The summed E-state index contributed by atoms with van der Waals surface area (Å²) in [5, 5.41) is 0. The number of benzene rings is 1. The maximum Gasteiger partial charge on any atom is 0.416 e. The second-order valence-electron chi connectivity index (χ2n) is 3.77. The molecule has 0 unspecified atom stereocenters. The second kappa shape index (κ2) is 4.73. The molecule has 2 rings (SSSR count). The molecule has 7 heteroatoms. The Morgan fingerprint density at radius 3 is 2.21 bits per heavy atom. The average Bonchev–Trinajstić information content (AvgIpc) is 2.31. The molecule has 0 fully saturated rings. The second-order valence-corrected chi connectivity index (χ2v) is 4.21. The Labute approximate surface area is 109 Å². The van der Waals surface area contributed by atoms with E-state index in [-0.39, 0.29) is 15.9 Å². The molecule has 2 aromatic rings. The van der Waals surface area contributed by atoms with Crippen molar-refractivity contribution < 1.29 is 22.0 Å². The average molecular weight is 291 g/mol. The molecule has 1 aromatic heterocycles. The van der Waals surface area contributed by atoms with Crippen LogP contribution in [0.2, 0.25) is 0 Å². The van der Waals surface area contributed by atoms with Gasteiger partial charge in [0.25, 0.3) is 0 Å². The molecule has 0 radical (unpaired) electrons. The molecule has 0 bridgehead atoms. The van der Waals surface area contributed by atoms with E-state index in [2.05, 4.69) is 4.98 Å². The van der Waals surface area contributed by atoms with Crippen LogP contribution in [0.5, 0.6) is 0 Å². The van der Waals surface area contributed by atoms with Gasteiger partial charge in [0.15, 0.2) is 11.6 Å². The first-order valence-corrected chi connectivity index (χ1v) is 5.45. The van der Waals surface area contributed by atoms with Gasteiger partial charge in [0.1, 0.15) is 4.64 Å². The summed E-state index contributed by atoms with van der Waals surface area (Å²) >= 11 is 4.69. The first-order chi connectivity index (χ1) is 8.77. The van der Waals surface area contributed by atoms with E-state index in [1.165, 1.54) is 6.07 Å². The normalized spacial score (nSPS) is 11.6. The van der Waals surface area contributed by atoms with Crippen LogP contribution < -0.4 is 0 Å². The van der Waals surface area contributed by atoms with Gasteiger partial charge in [-0.05, 0) is 30.3 Å². The zero-order valence-electron chi connectivity index (χ0n) is 9.18. The number of aromatic amines is 1. The lowest BCUT2D eigenvalue weighted by Crippen LogP contribution is -2.05. The third-order valence-electron chi connectivity index (χ3n) is 2.40. The van der Waals surface area contributed by atoms with Gasteiger partial charge in [-0.15, -0.1) is 0 Å². The first kappa shape index (κ1) is 13.7. The van der Waals surface area contributed by atoms with Crippen LogP contribution in [0.15, 0.2) is 30.3 Å². The van der Waals surface area contributed by atoms with Crippen LogP contribution in [-0.2, 0) is 6.18 Å². The fraction of sp³-hybridized carbons (Fsp3) is 0.0833. The van der Waals surface area contributed by atoms with Gasteiger partial charge in [0, 0.05) is 11.3 Å². The van der Waals surface area contributed by atoms with Gasteiger partial charge in [-0.2, -0.15) is 13.2 Å². The molecule has 100 valence electrons. The standard InChI is InChI=1S/C12H6F5NS/c13-8-2-1-6(3-9(8)14)10-4-7(12(15,16)17)5-11(19)18-10/h1-5H,(H,18,19). The van der Waals surface area contributed by atoms with E-state index in [0.29, 0.717) is 0 Å². The minimum absolute atomic E-state index is 0.0290. The largest absolute Gasteiger partial charge is 0.416 e. The van der Waals surface area contributed by atoms with Crippen molar-refractivity contribution in [1.82, 2.24) is 4.98 Å². The van der Waals surface area contributed by atoms with Gasteiger partial charge in [0.05, 0.1) is 5.56 Å². The van der Waals surface area contributed by atoms with E-state index in [1.807, 2.05) is 0 Å². The summed E-state index contributed by atoms with van der Waals surface area (Å²) in [6.45, 7) is 0. The Kier molecular flexibility index (Phi) is 3.40. The first-order valence-electron chi connectivity index (χ1n) is 5.04. The summed E-state index contributed by atoms with van der Waals surface area (Å²) in [6, 6.07) is 4.36. The predicted molar refractivity (Wildman–Crippen MR) is 62.0 cm³/mol. The summed E-state index contributed by atoms with van der Waals surface area (Å²) < 4.78 is 63.5. The third-order valence-corrected chi connectivity index (χ3v) is 2.62. The molecule has 0 aliphatic carbocycles. The highest BCUT2D eigenvalue weighted by atomic mass is 32.1. The summed E-state index contributed by atoms with van der Waals surface area (Å²) in [4.78, 5) is 2.51. The summed E-state index contributed by atoms with van der Waals surface area (Å²) in [7, 11) is 0. The number of halogens is 5. The van der Waals surface area contributed by atoms with Gasteiger partial charge in [0.2, 0.25) is 0 Å². The predicted octanol–water partition coefficient (Wildman–Crippen LogP) is 4.71. The van der Waals surface area contributed by atoms with Crippen LogP contribution in [-0.4, -0.2) is 4.98 Å². The molecule has 1 aromatic carbocycles. The topological polar surface area (TPSA) is 15.8 Å². The number of pyridine rings is 1. The van der Waals surface area contributed by atoms with E-state index in [9.17, 15) is 22.0 Å². The minimum Gasteiger partial charge on any atom is -0.346 e. The van der Waals surface area contributed by atoms with Crippen LogP contribution in [0, 0.1) is 16.3 Å². The van der Waals surface area contributed by atoms with Crippen molar-refractivity contribution in [3.05, 3.63) is 52.2 Å². The van der Waals surface area contributed by atoms with E-state index in [4.69, 9.17) is 12.2 Å². The van der Waals surface area contributed by atoms with E-state index < -0.39 is 23.4 Å². The van der Waals surface area contributed by atoms with Crippen LogP contribution in [0.1, 0.15) is 5.56 Å². The maximum absolute atomic E-state index is 13.1. The molecule has 0 spiro atoms. The lowest BCUT2D eigenvalue weighted by Gasteiger charge is -2.09. The van der Waals surface area contributed by atoms with Crippen molar-refractivity contribution in [2.75, 3.05) is 0 Å². The molecule has 0 aliphatic heterocycles. The van der Waals surface area contributed by atoms with E-state index in [0.717, 1.165) is 24.3 Å². The highest BCUT2D eigenvalue weighted by molar-refractivity contribution is 7.71. The highest BCUT2D eigenvalue weighted by Crippen LogP contribution is 2.31. The molecule has 0 amide bonds. The number of alkyl halides is 3. The van der Waals surface area contributed by atoms with Crippen molar-refractivity contribution in [3.8, 4) is 11.3 Å². The van der Waals surface area contributed by atoms with Gasteiger partial charge < -0.3 is 4.98 Å².